The van der Waals surface area contributed by atoms with Crippen LogP contribution in [0.5, 0.6) is 0 Å². The second-order valence-electron chi connectivity index (χ2n) is 7.36. The van der Waals surface area contributed by atoms with Crippen LogP contribution in [0.4, 0.5) is 5.69 Å². The molecular formula is C24H25N3O2S. The van der Waals surface area contributed by atoms with Crippen LogP contribution in [0.2, 0.25) is 0 Å². The first-order valence-electron chi connectivity index (χ1n) is 9.84. The van der Waals surface area contributed by atoms with E-state index in [1.54, 1.807) is 4.68 Å². The smallest absolute Gasteiger partial charge is 0.179 e. The third-order valence-corrected chi connectivity index (χ3v) is 6.28. The lowest BCUT2D eigenvalue weighted by Crippen LogP contribution is -2.14. The molecule has 1 aromatic heterocycles. The minimum atomic E-state index is -1.34. The maximum atomic E-state index is 12.7. The average Bonchev–Trinajstić information content (AvgIpc) is 3.00. The van der Waals surface area contributed by atoms with Crippen molar-refractivity contribution >= 4 is 27.8 Å². The molecule has 0 aliphatic carbocycles. The lowest BCUT2D eigenvalue weighted by atomic mass is 10.1. The summed E-state index contributed by atoms with van der Waals surface area (Å²) in [5, 5.41) is 6.80. The first-order chi connectivity index (χ1) is 14.5. The summed E-state index contributed by atoms with van der Waals surface area (Å²) in [5.74, 6) is 0. The van der Waals surface area contributed by atoms with Crippen molar-refractivity contribution in [1.29, 1.82) is 0 Å². The summed E-state index contributed by atoms with van der Waals surface area (Å²) in [6.07, 6.45) is 0. The van der Waals surface area contributed by atoms with Gasteiger partial charge in [-0.1, -0.05) is 48.5 Å². The van der Waals surface area contributed by atoms with Gasteiger partial charge in [-0.15, -0.1) is 0 Å². The number of nitrogens with zero attached hydrogens (tertiary/aromatic N) is 2. The first kappa shape index (κ1) is 20.5. The molecule has 3 aromatic carbocycles. The maximum Gasteiger partial charge on any atom is 0.179 e. The Morgan fingerprint density at radius 2 is 1.60 bits per heavy atom. The molecule has 0 saturated heterocycles. The van der Waals surface area contributed by atoms with Gasteiger partial charge in [0.15, 0.2) is 4.90 Å². The molecule has 4 aromatic rings. The molecule has 0 spiro atoms. The number of ether oxygens (including phenoxy) is 1. The highest BCUT2D eigenvalue weighted by Crippen LogP contribution is 2.23. The van der Waals surface area contributed by atoms with Gasteiger partial charge in [0.05, 0.1) is 24.6 Å². The Balaban J connectivity index is 1.33. The monoisotopic (exact) mass is 419 g/mol. The van der Waals surface area contributed by atoms with Gasteiger partial charge in [0.25, 0.3) is 0 Å². The van der Waals surface area contributed by atoms with Crippen LogP contribution in [0.3, 0.4) is 0 Å². The molecule has 1 N–H and O–H groups in total. The summed E-state index contributed by atoms with van der Waals surface area (Å²) in [6.45, 7) is 4.92. The summed E-state index contributed by atoms with van der Waals surface area (Å²) >= 11 is -1.34. The Morgan fingerprint density at radius 3 is 2.30 bits per heavy atom. The Bertz CT molecular complexity index is 1160. The second-order valence-corrected chi connectivity index (χ2v) is 8.57. The van der Waals surface area contributed by atoms with Crippen LogP contribution < -0.4 is 4.72 Å². The molecule has 4 rings (SSSR count). The molecular weight excluding hydrogens is 394 g/mol. The zero-order valence-electron chi connectivity index (χ0n) is 17.4. The van der Waals surface area contributed by atoms with Gasteiger partial charge in [0.1, 0.15) is 17.0 Å². The summed E-state index contributed by atoms with van der Waals surface area (Å²) in [4.78, 5) is 0.718. The predicted molar refractivity (Wildman–Crippen MR) is 122 cm³/mol. The second kappa shape index (κ2) is 8.92. The molecule has 0 bridgehead atoms. The van der Waals surface area contributed by atoms with Crippen molar-refractivity contribution in [2.75, 3.05) is 4.72 Å². The van der Waals surface area contributed by atoms with Crippen LogP contribution in [0.15, 0.2) is 71.6 Å². The Morgan fingerprint density at radius 1 is 0.933 bits per heavy atom. The normalized spacial score (nSPS) is 12.3. The number of benzene rings is 3. The van der Waals surface area contributed by atoms with Crippen molar-refractivity contribution in [3.8, 4) is 0 Å². The van der Waals surface area contributed by atoms with Crippen molar-refractivity contribution in [3.05, 3.63) is 89.2 Å². The Kier molecular flexibility index (Phi) is 6.08. The molecule has 0 aliphatic heterocycles. The lowest BCUT2D eigenvalue weighted by Gasteiger charge is -2.12. The molecule has 5 nitrogen and oxygen atoms in total. The number of nitrogens with one attached hydrogen (secondary N) is 1. The van der Waals surface area contributed by atoms with Crippen LogP contribution >= 0.6 is 0 Å². The zero-order chi connectivity index (χ0) is 21.1. The molecule has 1 unspecified atom stereocenters. The van der Waals surface area contributed by atoms with Gasteiger partial charge in [-0.2, -0.15) is 9.82 Å². The van der Waals surface area contributed by atoms with E-state index in [4.69, 9.17) is 4.74 Å². The standard InChI is InChI=1S/C24H25N3O2S/c1-17-24(18(2)27(3)25-17)26-30(28)23-12-9-19(10-13-23)15-29-16-20-8-11-21-6-4-5-7-22(21)14-20/h4-14,26H,15-16H2,1-3H3. The molecule has 0 aliphatic rings. The van der Waals surface area contributed by atoms with Crippen LogP contribution in [0, 0.1) is 13.8 Å². The van der Waals surface area contributed by atoms with Crippen molar-refractivity contribution < 1.29 is 9.29 Å². The van der Waals surface area contributed by atoms with E-state index in [1.165, 1.54) is 10.8 Å². The third-order valence-electron chi connectivity index (χ3n) is 5.19. The topological polar surface area (TPSA) is 62.1 Å². The largest absolute Gasteiger partial charge is 0.588 e. The fourth-order valence-corrected chi connectivity index (χ4v) is 4.38. The van der Waals surface area contributed by atoms with Crippen LogP contribution in [-0.4, -0.2) is 14.3 Å². The molecule has 1 heterocycles. The fraction of sp³-hybridized carbons (Fsp3) is 0.208. The van der Waals surface area contributed by atoms with E-state index in [2.05, 4.69) is 40.2 Å². The maximum absolute atomic E-state index is 12.7. The van der Waals surface area contributed by atoms with E-state index in [-0.39, 0.29) is 0 Å². The Labute approximate surface area is 180 Å². The fourth-order valence-electron chi connectivity index (χ4n) is 3.40. The van der Waals surface area contributed by atoms with E-state index in [9.17, 15) is 4.55 Å². The molecule has 6 heteroatoms. The lowest BCUT2D eigenvalue weighted by molar-refractivity contribution is 0.107. The number of aryl methyl sites for hydroxylation is 2. The van der Waals surface area contributed by atoms with Crippen molar-refractivity contribution in [2.24, 2.45) is 7.05 Å². The summed E-state index contributed by atoms with van der Waals surface area (Å²) < 4.78 is 23.4. The number of anilines is 1. The van der Waals surface area contributed by atoms with Gasteiger partial charge < -0.3 is 9.29 Å². The van der Waals surface area contributed by atoms with Gasteiger partial charge in [0, 0.05) is 7.05 Å². The predicted octanol–water partition coefficient (Wildman–Crippen LogP) is 5.04. The van der Waals surface area contributed by atoms with E-state index >= 15 is 0 Å². The van der Waals surface area contributed by atoms with Gasteiger partial charge in [0.2, 0.25) is 0 Å². The zero-order valence-corrected chi connectivity index (χ0v) is 18.2. The van der Waals surface area contributed by atoms with E-state index in [0.717, 1.165) is 33.1 Å². The van der Waals surface area contributed by atoms with E-state index in [1.807, 2.05) is 57.3 Å². The number of rotatable bonds is 7. The Hall–Kier alpha value is -2.80. The summed E-state index contributed by atoms with van der Waals surface area (Å²) in [5.41, 5.74) is 4.81. The summed E-state index contributed by atoms with van der Waals surface area (Å²) in [7, 11) is 1.88. The van der Waals surface area contributed by atoms with Crippen molar-refractivity contribution in [3.63, 3.8) is 0 Å². The molecule has 0 amide bonds. The molecule has 154 valence electrons. The summed E-state index contributed by atoms with van der Waals surface area (Å²) in [6, 6.07) is 22.4. The van der Waals surface area contributed by atoms with E-state index in [0.29, 0.717) is 13.2 Å². The highest BCUT2D eigenvalue weighted by atomic mass is 32.2. The van der Waals surface area contributed by atoms with Crippen LogP contribution in [0.1, 0.15) is 22.5 Å². The number of hydrogen-bond acceptors (Lipinski definition) is 4. The average molecular weight is 420 g/mol. The quantitative estimate of drug-likeness (QED) is 0.426. The molecule has 1 atom stereocenters. The van der Waals surface area contributed by atoms with Crippen LogP contribution in [-0.2, 0) is 36.4 Å². The van der Waals surface area contributed by atoms with Crippen LogP contribution in [0.25, 0.3) is 10.8 Å². The minimum Gasteiger partial charge on any atom is -0.588 e. The molecule has 30 heavy (non-hydrogen) atoms. The first-order valence-corrected chi connectivity index (χ1v) is 11.0. The molecule has 0 radical (unpaired) electrons. The van der Waals surface area contributed by atoms with Gasteiger partial charge in [-0.25, -0.2) is 0 Å². The van der Waals surface area contributed by atoms with Crippen molar-refractivity contribution in [2.45, 2.75) is 32.0 Å². The third kappa shape index (κ3) is 4.51. The van der Waals surface area contributed by atoms with Gasteiger partial charge in [-0.3, -0.25) is 4.68 Å². The van der Waals surface area contributed by atoms with Gasteiger partial charge in [-0.05, 0) is 53.9 Å². The molecule has 0 saturated carbocycles. The van der Waals surface area contributed by atoms with Gasteiger partial charge >= 0.3 is 0 Å². The highest BCUT2D eigenvalue weighted by Gasteiger charge is 2.17. The minimum absolute atomic E-state index is 0.508. The molecule has 0 fully saturated rings. The number of hydrogen-bond donors (Lipinski definition) is 1. The SMILES string of the molecule is Cc1nn(C)c(C)c1N[S+]([O-])c1ccc(COCc2ccc3ccccc3c2)cc1. The highest BCUT2D eigenvalue weighted by molar-refractivity contribution is 7.92. The van der Waals surface area contributed by atoms with E-state index < -0.39 is 11.4 Å². The number of aromatic nitrogens is 2. The number of fused-ring (bicyclic) bond motifs is 1. The van der Waals surface area contributed by atoms with Crippen molar-refractivity contribution in [1.82, 2.24) is 9.78 Å².